The Morgan fingerprint density at radius 3 is 2.30 bits per heavy atom. The monoisotopic (exact) mass is 561 g/mol. The number of rotatable bonds is 5. The number of aromatic nitrogens is 2. The second-order valence-corrected chi connectivity index (χ2v) is 13.8. The zero-order valence-corrected chi connectivity index (χ0v) is 25.1. The number of hydrogen-bond donors (Lipinski definition) is 1. The summed E-state index contributed by atoms with van der Waals surface area (Å²) in [5.41, 5.74) is 4.70. The van der Waals surface area contributed by atoms with E-state index in [0.29, 0.717) is 36.9 Å². The van der Waals surface area contributed by atoms with Gasteiger partial charge in [-0.3, -0.25) is 9.36 Å². The minimum Gasteiger partial charge on any atom is -0.507 e. The smallest absolute Gasteiger partial charge is 0.419 e. The minimum atomic E-state index is -0.426. The van der Waals surface area contributed by atoms with Gasteiger partial charge in [0.05, 0.1) is 16.2 Å². The highest BCUT2D eigenvalue weighted by molar-refractivity contribution is 7.10. The Kier molecular flexibility index (Phi) is 7.42. The number of phenolic OH excluding ortho intramolecular Hbond substituents is 1. The zero-order valence-electron chi connectivity index (χ0n) is 24.3. The predicted octanol–water partition coefficient (Wildman–Crippen LogP) is 6.81. The molecule has 5 rings (SSSR count). The Morgan fingerprint density at radius 1 is 1.05 bits per heavy atom. The van der Waals surface area contributed by atoms with Gasteiger partial charge in [0.2, 0.25) is 5.91 Å². The topological polar surface area (TPSA) is 88.6 Å². The van der Waals surface area contributed by atoms with E-state index < -0.39 is 5.76 Å². The number of phenols is 1. The summed E-state index contributed by atoms with van der Waals surface area (Å²) in [6.07, 6.45) is 2.00. The molecule has 0 radical (unpaired) electrons. The van der Waals surface area contributed by atoms with Crippen LogP contribution in [0.5, 0.6) is 5.75 Å². The van der Waals surface area contributed by atoms with E-state index >= 15 is 0 Å². The van der Waals surface area contributed by atoms with Crippen LogP contribution in [0.3, 0.4) is 0 Å². The van der Waals surface area contributed by atoms with Crippen LogP contribution in [0, 0.1) is 0 Å². The molecule has 0 bridgehead atoms. The first-order valence-corrected chi connectivity index (χ1v) is 14.9. The number of thiazole rings is 1. The van der Waals surface area contributed by atoms with E-state index in [0.717, 1.165) is 45.8 Å². The quantitative estimate of drug-likeness (QED) is 0.289. The van der Waals surface area contributed by atoms with Crippen molar-refractivity contribution in [3.05, 3.63) is 68.5 Å². The number of carbonyl (C=O) groups is 1. The van der Waals surface area contributed by atoms with Gasteiger partial charge in [-0.15, -0.1) is 11.3 Å². The Labute approximate surface area is 239 Å². The molecule has 1 amide bonds. The Balaban J connectivity index is 1.26. The van der Waals surface area contributed by atoms with Gasteiger partial charge in [-0.2, -0.15) is 0 Å². The van der Waals surface area contributed by atoms with Gasteiger partial charge >= 0.3 is 5.76 Å². The molecule has 1 fully saturated rings. The molecule has 2 aromatic carbocycles. The number of likely N-dealkylation sites (tertiary alicyclic amines) is 1. The number of piperidine rings is 1. The third-order valence-electron chi connectivity index (χ3n) is 7.86. The van der Waals surface area contributed by atoms with Crippen molar-refractivity contribution in [2.75, 3.05) is 13.1 Å². The molecule has 212 valence electrons. The fourth-order valence-corrected chi connectivity index (χ4v) is 6.50. The number of amides is 1. The average Bonchev–Trinajstić information content (AvgIpc) is 3.50. The molecule has 1 N–H and O–H groups in total. The molecule has 0 spiro atoms. The molecule has 4 aromatic rings. The molecule has 3 heterocycles. The highest BCUT2D eigenvalue weighted by atomic mass is 32.1. The molecule has 1 aliphatic rings. The Hall–Kier alpha value is -3.39. The largest absolute Gasteiger partial charge is 0.507 e. The number of carbonyl (C=O) groups excluding carboxylic acids is 1. The molecular weight excluding hydrogens is 522 g/mol. The average molecular weight is 562 g/mol. The highest BCUT2D eigenvalue weighted by Gasteiger charge is 2.29. The SMILES string of the molecule is CC(C)(C)c1cc(-c2csc(C3CCN(C(=O)CCn4c(=O)oc5ccccc54)CC3)n2)cc(C(C)(C)C)c1O. The molecule has 1 aliphatic heterocycles. The van der Waals surface area contributed by atoms with Crippen molar-refractivity contribution >= 4 is 28.3 Å². The van der Waals surface area contributed by atoms with Crippen LogP contribution in [0.15, 0.2) is 51.0 Å². The van der Waals surface area contributed by atoms with Gasteiger partial charge in [0.15, 0.2) is 5.58 Å². The van der Waals surface area contributed by atoms with Crippen LogP contribution in [-0.2, 0) is 22.2 Å². The van der Waals surface area contributed by atoms with Crippen LogP contribution in [0.25, 0.3) is 22.4 Å². The molecule has 1 saturated heterocycles. The number of hydrogen-bond acceptors (Lipinski definition) is 6. The van der Waals surface area contributed by atoms with E-state index in [1.165, 1.54) is 4.57 Å². The standard InChI is InChI=1S/C32H39N3O4S/c1-31(2,3)22-17-21(18-23(28(22)37)32(4,5)6)24-19-40-29(33-24)20-11-14-34(15-12-20)27(36)13-16-35-25-9-7-8-10-26(25)39-30(35)38/h7-10,17-20,37H,11-16H2,1-6H3. The number of benzene rings is 2. The minimum absolute atomic E-state index is 0.0592. The van der Waals surface area contributed by atoms with Crippen LogP contribution in [-0.4, -0.2) is 38.6 Å². The maximum Gasteiger partial charge on any atom is 0.419 e. The fraction of sp³-hybridized carbons (Fsp3) is 0.469. The normalized spacial score (nSPS) is 15.2. The van der Waals surface area contributed by atoms with Gasteiger partial charge in [-0.1, -0.05) is 53.7 Å². The molecule has 0 unspecified atom stereocenters. The second-order valence-electron chi connectivity index (χ2n) is 12.9. The maximum atomic E-state index is 13.0. The van der Waals surface area contributed by atoms with E-state index in [9.17, 15) is 14.7 Å². The maximum absolute atomic E-state index is 13.0. The lowest BCUT2D eigenvalue weighted by atomic mass is 9.78. The summed E-state index contributed by atoms with van der Waals surface area (Å²) in [6, 6.07) is 11.5. The fourth-order valence-electron chi connectivity index (χ4n) is 5.50. The molecule has 40 heavy (non-hydrogen) atoms. The third kappa shape index (κ3) is 5.59. The summed E-state index contributed by atoms with van der Waals surface area (Å²) in [5, 5.41) is 14.3. The van der Waals surface area contributed by atoms with Gasteiger partial charge in [-0.25, -0.2) is 9.78 Å². The molecule has 0 atom stereocenters. The highest BCUT2D eigenvalue weighted by Crippen LogP contribution is 2.42. The lowest BCUT2D eigenvalue weighted by Gasteiger charge is -2.31. The summed E-state index contributed by atoms with van der Waals surface area (Å²) >= 11 is 1.68. The van der Waals surface area contributed by atoms with Gasteiger partial charge < -0.3 is 14.4 Å². The predicted molar refractivity (Wildman–Crippen MR) is 160 cm³/mol. The van der Waals surface area contributed by atoms with Crippen LogP contribution >= 0.6 is 11.3 Å². The molecule has 8 heteroatoms. The number of fused-ring (bicyclic) bond motifs is 1. The lowest BCUT2D eigenvalue weighted by molar-refractivity contribution is -0.132. The van der Waals surface area contributed by atoms with Crippen molar-refractivity contribution < 1.29 is 14.3 Å². The molecule has 0 aliphatic carbocycles. The first-order valence-electron chi connectivity index (χ1n) is 14.0. The van der Waals surface area contributed by atoms with Crippen molar-refractivity contribution in [3.63, 3.8) is 0 Å². The van der Waals surface area contributed by atoms with E-state index in [4.69, 9.17) is 9.40 Å². The molecule has 7 nitrogen and oxygen atoms in total. The first kappa shape index (κ1) is 28.1. The van der Waals surface area contributed by atoms with Gasteiger partial charge in [0.1, 0.15) is 5.75 Å². The van der Waals surface area contributed by atoms with Crippen LogP contribution in [0.4, 0.5) is 0 Å². The zero-order chi connectivity index (χ0) is 28.8. The van der Waals surface area contributed by atoms with Crippen LogP contribution in [0.2, 0.25) is 0 Å². The molecular formula is C32H39N3O4S. The van der Waals surface area contributed by atoms with Crippen molar-refractivity contribution in [2.45, 2.75) is 84.1 Å². The van der Waals surface area contributed by atoms with Gasteiger partial charge in [0.25, 0.3) is 0 Å². The number of oxazole rings is 1. The third-order valence-corrected chi connectivity index (χ3v) is 8.87. The van der Waals surface area contributed by atoms with E-state index in [2.05, 4.69) is 59.1 Å². The number of aromatic hydroxyl groups is 1. The second kappa shape index (κ2) is 10.5. The Bertz CT molecular complexity index is 1560. The molecule has 0 saturated carbocycles. The van der Waals surface area contributed by atoms with Gasteiger partial charge in [0, 0.05) is 54.0 Å². The van der Waals surface area contributed by atoms with Crippen molar-refractivity contribution in [1.82, 2.24) is 14.5 Å². The van der Waals surface area contributed by atoms with Gasteiger partial charge in [-0.05, 0) is 47.9 Å². The van der Waals surface area contributed by atoms with Crippen LogP contribution in [0.1, 0.15) is 82.9 Å². The molecule has 2 aromatic heterocycles. The number of aryl methyl sites for hydroxylation is 1. The van der Waals surface area contributed by atoms with E-state index in [1.807, 2.05) is 23.1 Å². The Morgan fingerprint density at radius 2 is 1.68 bits per heavy atom. The summed E-state index contributed by atoms with van der Waals surface area (Å²) in [5.74, 6) is 0.320. The number of nitrogens with zero attached hydrogens (tertiary/aromatic N) is 3. The van der Waals surface area contributed by atoms with E-state index in [1.54, 1.807) is 17.4 Å². The lowest BCUT2D eigenvalue weighted by Crippen LogP contribution is -2.38. The first-order chi connectivity index (χ1) is 18.8. The van der Waals surface area contributed by atoms with Crippen molar-refractivity contribution in [3.8, 4) is 17.0 Å². The van der Waals surface area contributed by atoms with Crippen molar-refractivity contribution in [1.29, 1.82) is 0 Å². The summed E-state index contributed by atoms with van der Waals surface area (Å²) in [4.78, 5) is 32.2. The summed E-state index contributed by atoms with van der Waals surface area (Å²) < 4.78 is 6.83. The number of para-hydroxylation sites is 2. The van der Waals surface area contributed by atoms with Crippen LogP contribution < -0.4 is 5.76 Å². The van der Waals surface area contributed by atoms with Crippen molar-refractivity contribution in [2.24, 2.45) is 0 Å². The summed E-state index contributed by atoms with van der Waals surface area (Å²) in [7, 11) is 0. The summed E-state index contributed by atoms with van der Waals surface area (Å²) in [6.45, 7) is 14.4. The van der Waals surface area contributed by atoms with E-state index in [-0.39, 0.29) is 23.2 Å².